The van der Waals surface area contributed by atoms with Crippen molar-refractivity contribution in [1.82, 2.24) is 0 Å². The molecule has 0 spiro atoms. The van der Waals surface area contributed by atoms with Crippen LogP contribution in [0.5, 0.6) is 0 Å². The van der Waals surface area contributed by atoms with E-state index in [0.717, 1.165) is 11.3 Å². The van der Waals surface area contributed by atoms with Gasteiger partial charge in [0, 0.05) is 0 Å². The fourth-order valence-electron chi connectivity index (χ4n) is 0.372. The third kappa shape index (κ3) is 0.703. The quantitative estimate of drug-likeness (QED) is 0.521. The van der Waals surface area contributed by atoms with Gasteiger partial charge in [0.2, 0.25) is 0 Å². The molecule has 40 valence electrons. The predicted octanol–water partition coefficient (Wildman–Crippen LogP) is 1.76. The van der Waals surface area contributed by atoms with Crippen LogP contribution in [-0.2, 0) is 0 Å². The lowest BCUT2D eigenvalue weighted by molar-refractivity contribution is 0.654. The molecule has 0 atom stereocenters. The third-order valence-electron chi connectivity index (χ3n) is 0.738. The second-order valence-corrected chi connectivity index (χ2v) is 2.09. The first-order valence-corrected chi connectivity index (χ1v) is 2.85. The molecule has 0 aliphatic rings. The maximum atomic E-state index is 12.1. The van der Waals surface area contributed by atoms with Crippen LogP contribution in [0.15, 0.2) is 11.4 Å². The maximum absolute atomic E-state index is 12.1. The van der Waals surface area contributed by atoms with Crippen LogP contribution in [0.4, 0.5) is 4.39 Å². The van der Waals surface area contributed by atoms with E-state index in [4.69, 9.17) is 5.26 Å². The van der Waals surface area contributed by atoms with Crippen molar-refractivity contribution >= 4 is 11.3 Å². The summed E-state index contributed by atoms with van der Waals surface area (Å²) >= 11 is 0.940. The number of nitriles is 1. The van der Waals surface area contributed by atoms with Gasteiger partial charge in [0.25, 0.3) is 0 Å². The smallest absolute Gasteiger partial charge is 0.194 e. The van der Waals surface area contributed by atoms with E-state index >= 15 is 0 Å². The topological polar surface area (TPSA) is 23.8 Å². The van der Waals surface area contributed by atoms with E-state index in [9.17, 15) is 4.39 Å². The van der Waals surface area contributed by atoms with Gasteiger partial charge < -0.3 is 0 Å². The van der Waals surface area contributed by atoms with Crippen LogP contribution in [0.25, 0.3) is 0 Å². The SMILES string of the molecule is N#Cc1ccsc1F. The average Bonchev–Trinajstić information content (AvgIpc) is 2.14. The van der Waals surface area contributed by atoms with Gasteiger partial charge in [-0.15, -0.1) is 11.3 Å². The highest BCUT2D eigenvalue weighted by Crippen LogP contribution is 2.11. The van der Waals surface area contributed by atoms with Gasteiger partial charge in [-0.2, -0.15) is 9.65 Å². The van der Waals surface area contributed by atoms with Gasteiger partial charge in [-0.3, -0.25) is 0 Å². The van der Waals surface area contributed by atoms with E-state index in [0.29, 0.717) is 0 Å². The molecule has 0 aromatic carbocycles. The molecule has 3 heteroatoms. The van der Waals surface area contributed by atoms with Gasteiger partial charge in [0.15, 0.2) is 5.13 Å². The summed E-state index contributed by atoms with van der Waals surface area (Å²) in [7, 11) is 0. The fraction of sp³-hybridized carbons (Fsp3) is 0. The first kappa shape index (κ1) is 5.26. The van der Waals surface area contributed by atoms with E-state index in [1.54, 1.807) is 11.4 Å². The summed E-state index contributed by atoms with van der Waals surface area (Å²) in [6.45, 7) is 0. The van der Waals surface area contributed by atoms with Crippen LogP contribution in [0.1, 0.15) is 5.56 Å². The van der Waals surface area contributed by atoms with Crippen molar-refractivity contribution in [2.24, 2.45) is 0 Å². The Labute approximate surface area is 50.0 Å². The van der Waals surface area contributed by atoms with Gasteiger partial charge in [-0.1, -0.05) is 0 Å². The summed E-state index contributed by atoms with van der Waals surface area (Å²) in [5, 5.41) is 9.28. The fourth-order valence-corrected chi connectivity index (χ4v) is 0.936. The van der Waals surface area contributed by atoms with Crippen molar-refractivity contribution in [2.45, 2.75) is 0 Å². The first-order chi connectivity index (χ1) is 3.84. The van der Waals surface area contributed by atoms with Crippen molar-refractivity contribution in [3.63, 3.8) is 0 Å². The maximum Gasteiger partial charge on any atom is 0.194 e. The van der Waals surface area contributed by atoms with E-state index < -0.39 is 5.13 Å². The summed E-state index contributed by atoms with van der Waals surface area (Å²) in [5.74, 6) is 0. The van der Waals surface area contributed by atoms with Crippen LogP contribution in [0.2, 0.25) is 0 Å². The number of hydrogen-bond acceptors (Lipinski definition) is 2. The average molecular weight is 127 g/mol. The van der Waals surface area contributed by atoms with E-state index in [1.165, 1.54) is 6.07 Å². The zero-order chi connectivity index (χ0) is 5.98. The molecule has 0 fully saturated rings. The number of thiophene rings is 1. The summed E-state index contributed by atoms with van der Waals surface area (Å²) < 4.78 is 12.1. The predicted molar refractivity (Wildman–Crippen MR) is 29.0 cm³/mol. The monoisotopic (exact) mass is 127 g/mol. The number of halogens is 1. The van der Waals surface area contributed by atoms with E-state index in [1.807, 2.05) is 0 Å². The molecular weight excluding hydrogens is 125 g/mol. The number of hydrogen-bond donors (Lipinski definition) is 0. The van der Waals surface area contributed by atoms with Crippen LogP contribution < -0.4 is 0 Å². The minimum absolute atomic E-state index is 0.134. The van der Waals surface area contributed by atoms with Crippen LogP contribution in [0, 0.1) is 16.5 Å². The van der Waals surface area contributed by atoms with Gasteiger partial charge in [-0.25, -0.2) is 0 Å². The van der Waals surface area contributed by atoms with Gasteiger partial charge in [-0.05, 0) is 11.4 Å². The third-order valence-corrected chi connectivity index (χ3v) is 1.44. The van der Waals surface area contributed by atoms with E-state index in [2.05, 4.69) is 0 Å². The molecule has 1 rings (SSSR count). The normalized spacial score (nSPS) is 8.50. The van der Waals surface area contributed by atoms with Crippen molar-refractivity contribution < 1.29 is 4.39 Å². The van der Waals surface area contributed by atoms with Crippen molar-refractivity contribution in [1.29, 1.82) is 5.26 Å². The zero-order valence-electron chi connectivity index (χ0n) is 3.89. The Morgan fingerprint density at radius 2 is 2.50 bits per heavy atom. The molecule has 1 aromatic heterocycles. The molecule has 0 unspecified atom stereocenters. The molecule has 0 aliphatic carbocycles. The molecule has 0 saturated heterocycles. The Kier molecular flexibility index (Phi) is 1.27. The molecular formula is C5H2FNS. The lowest BCUT2D eigenvalue weighted by Crippen LogP contribution is -1.66. The second-order valence-electron chi connectivity index (χ2n) is 1.22. The highest BCUT2D eigenvalue weighted by molar-refractivity contribution is 7.08. The Morgan fingerprint density at radius 1 is 1.75 bits per heavy atom. The lowest BCUT2D eigenvalue weighted by atomic mass is 10.4. The number of rotatable bonds is 0. The van der Waals surface area contributed by atoms with Crippen molar-refractivity contribution in [3.05, 3.63) is 22.1 Å². The molecule has 0 saturated carbocycles. The van der Waals surface area contributed by atoms with Crippen molar-refractivity contribution in [2.75, 3.05) is 0 Å². The molecule has 8 heavy (non-hydrogen) atoms. The Hall–Kier alpha value is -0.880. The largest absolute Gasteiger partial charge is 0.194 e. The summed E-state index contributed by atoms with van der Waals surface area (Å²) in [5.41, 5.74) is 0.134. The minimum atomic E-state index is -0.396. The van der Waals surface area contributed by atoms with E-state index in [-0.39, 0.29) is 5.56 Å². The molecule has 0 aliphatic heterocycles. The van der Waals surface area contributed by atoms with Gasteiger partial charge in [0.05, 0.1) is 5.56 Å². The van der Waals surface area contributed by atoms with Crippen LogP contribution >= 0.6 is 11.3 Å². The molecule has 0 N–H and O–H groups in total. The van der Waals surface area contributed by atoms with Gasteiger partial charge in [0.1, 0.15) is 6.07 Å². The summed E-state index contributed by atoms with van der Waals surface area (Å²) in [4.78, 5) is 0. The molecule has 0 bridgehead atoms. The highest BCUT2D eigenvalue weighted by atomic mass is 32.1. The Balaban J connectivity index is 3.15. The van der Waals surface area contributed by atoms with Crippen LogP contribution in [0.3, 0.4) is 0 Å². The van der Waals surface area contributed by atoms with Crippen LogP contribution in [-0.4, -0.2) is 0 Å². The lowest BCUT2D eigenvalue weighted by Gasteiger charge is -1.72. The number of nitrogens with zero attached hydrogens (tertiary/aromatic N) is 1. The molecule has 1 nitrogen and oxygen atoms in total. The Morgan fingerprint density at radius 3 is 2.75 bits per heavy atom. The zero-order valence-corrected chi connectivity index (χ0v) is 4.70. The molecule has 0 amide bonds. The molecule has 1 aromatic rings. The van der Waals surface area contributed by atoms with Gasteiger partial charge >= 0.3 is 0 Å². The Bertz CT molecular complexity index is 223. The second kappa shape index (κ2) is 1.93. The molecule has 0 radical (unpaired) electrons. The molecule has 1 heterocycles. The summed E-state index contributed by atoms with van der Waals surface area (Å²) in [6, 6.07) is 3.17. The minimum Gasteiger partial charge on any atom is -0.194 e. The standard InChI is InChI=1S/C5H2FNS/c6-5-4(3-7)1-2-8-5/h1-2H. The summed E-state index contributed by atoms with van der Waals surface area (Å²) in [6.07, 6.45) is 0. The highest BCUT2D eigenvalue weighted by Gasteiger charge is 1.98. The first-order valence-electron chi connectivity index (χ1n) is 1.97. The van der Waals surface area contributed by atoms with Crippen molar-refractivity contribution in [3.8, 4) is 6.07 Å².